The van der Waals surface area contributed by atoms with Crippen molar-refractivity contribution >= 4 is 40.6 Å². The highest BCUT2D eigenvalue weighted by Crippen LogP contribution is 2.68. The predicted octanol–water partition coefficient (Wildman–Crippen LogP) is 4.42. The molecule has 2 aromatic carbocycles. The van der Waals surface area contributed by atoms with Crippen molar-refractivity contribution in [3.05, 3.63) is 80.3 Å². The molecule has 0 radical (unpaired) electrons. The third-order valence-electron chi connectivity index (χ3n) is 8.17. The summed E-state index contributed by atoms with van der Waals surface area (Å²) in [6.07, 6.45) is 0.916. The third kappa shape index (κ3) is 2.63. The maximum absolute atomic E-state index is 13.7. The number of amides is 2. The van der Waals surface area contributed by atoms with E-state index in [-0.39, 0.29) is 57.4 Å². The quantitative estimate of drug-likeness (QED) is 0.558. The SMILES string of the molecule is Cc1ccc(N2C(=O)[C@@H]3[C@H]4C[C@@H]([C@@H]3C2=O)[C@@H]2[C@@H](c3ccccc3)c3sc(=O)[nH]c3S[C@@H]42)cc1. The van der Waals surface area contributed by atoms with Gasteiger partial charge in [-0.1, -0.05) is 59.4 Å². The number of fused-ring (bicyclic) bond motifs is 9. The van der Waals surface area contributed by atoms with Crippen LogP contribution < -0.4 is 9.77 Å². The topological polar surface area (TPSA) is 70.2 Å². The number of nitrogens with zero attached hydrogens (tertiary/aromatic N) is 1. The fraction of sp³-hybridized carbons (Fsp3) is 0.346. The van der Waals surface area contributed by atoms with Gasteiger partial charge in [-0.15, -0.1) is 11.8 Å². The molecule has 3 aromatic rings. The molecular formula is C26H22N2O3S2. The van der Waals surface area contributed by atoms with Crippen LogP contribution in [0.3, 0.4) is 0 Å². The van der Waals surface area contributed by atoms with Crippen molar-refractivity contribution in [1.29, 1.82) is 0 Å². The molecule has 7 atom stereocenters. The summed E-state index contributed by atoms with van der Waals surface area (Å²) in [5.41, 5.74) is 2.98. The highest BCUT2D eigenvalue weighted by molar-refractivity contribution is 8.00. The molecule has 166 valence electrons. The largest absolute Gasteiger partial charge is 0.307 e. The number of hydrogen-bond acceptors (Lipinski definition) is 5. The fourth-order valence-electron chi connectivity index (χ4n) is 7.00. The first-order valence-corrected chi connectivity index (χ1v) is 13.1. The van der Waals surface area contributed by atoms with Crippen molar-refractivity contribution < 1.29 is 9.59 Å². The van der Waals surface area contributed by atoms with E-state index in [0.29, 0.717) is 5.69 Å². The maximum Gasteiger partial charge on any atom is 0.305 e. The molecule has 1 saturated heterocycles. The lowest BCUT2D eigenvalue weighted by Gasteiger charge is -2.43. The molecule has 3 heterocycles. The van der Waals surface area contributed by atoms with Gasteiger partial charge in [0.05, 0.1) is 22.5 Å². The number of thioether (sulfide) groups is 1. The van der Waals surface area contributed by atoms with Crippen molar-refractivity contribution in [3.63, 3.8) is 0 Å². The summed E-state index contributed by atoms with van der Waals surface area (Å²) in [7, 11) is 0. The number of carbonyl (C=O) groups is 2. The summed E-state index contributed by atoms with van der Waals surface area (Å²) in [5, 5.41) is 1.19. The molecule has 2 aliphatic carbocycles. The van der Waals surface area contributed by atoms with Crippen LogP contribution in [0.15, 0.2) is 64.4 Å². The zero-order valence-electron chi connectivity index (χ0n) is 17.9. The zero-order chi connectivity index (χ0) is 22.4. The molecule has 4 aliphatic rings. The molecule has 7 rings (SSSR count). The second-order valence-corrected chi connectivity index (χ2v) is 11.9. The molecule has 1 N–H and O–H groups in total. The standard InChI is InChI=1S/C26H22N2O3S2/c1-12-7-9-14(10-8-12)28-24(29)19-15-11-16(20(19)25(28)30)21-18(15)17(13-5-3-2-4-6-13)22-23(32-21)27-26(31)33-22/h2-10,15-21H,11H2,1H3,(H,27,31)/t15-,16-,17-,18-,19+,20-,21+/m1/s1. The van der Waals surface area contributed by atoms with E-state index < -0.39 is 0 Å². The first-order valence-electron chi connectivity index (χ1n) is 11.4. The van der Waals surface area contributed by atoms with Crippen LogP contribution in [0.2, 0.25) is 0 Å². The number of carbonyl (C=O) groups excluding carboxylic acids is 2. The Morgan fingerprint density at radius 2 is 1.61 bits per heavy atom. The Kier molecular flexibility index (Phi) is 4.16. The zero-order valence-corrected chi connectivity index (χ0v) is 19.6. The predicted molar refractivity (Wildman–Crippen MR) is 129 cm³/mol. The lowest BCUT2D eigenvalue weighted by Crippen LogP contribution is -2.42. The number of thiazole rings is 1. The minimum Gasteiger partial charge on any atom is -0.307 e. The number of anilines is 1. The molecule has 2 saturated carbocycles. The van der Waals surface area contributed by atoms with E-state index in [1.807, 2.05) is 49.4 Å². The van der Waals surface area contributed by atoms with Crippen LogP contribution in [-0.2, 0) is 9.59 Å². The molecule has 0 unspecified atom stereocenters. The summed E-state index contributed by atoms with van der Waals surface area (Å²) < 4.78 is 0. The number of aromatic amines is 1. The Morgan fingerprint density at radius 1 is 0.909 bits per heavy atom. The molecule has 33 heavy (non-hydrogen) atoms. The van der Waals surface area contributed by atoms with Gasteiger partial charge in [-0.05, 0) is 48.8 Å². The number of aryl methyl sites for hydroxylation is 1. The van der Waals surface area contributed by atoms with E-state index in [1.54, 1.807) is 11.8 Å². The summed E-state index contributed by atoms with van der Waals surface area (Å²) in [6, 6.07) is 18.0. The molecule has 7 heteroatoms. The van der Waals surface area contributed by atoms with Gasteiger partial charge < -0.3 is 4.98 Å². The van der Waals surface area contributed by atoms with Gasteiger partial charge in [0.15, 0.2) is 0 Å². The lowest BCUT2D eigenvalue weighted by molar-refractivity contribution is -0.123. The van der Waals surface area contributed by atoms with Gasteiger partial charge in [-0.25, -0.2) is 0 Å². The molecule has 2 aliphatic heterocycles. The monoisotopic (exact) mass is 474 g/mol. The van der Waals surface area contributed by atoms with Crippen LogP contribution in [0.1, 0.15) is 28.3 Å². The number of aromatic nitrogens is 1. The molecular weight excluding hydrogens is 452 g/mol. The number of rotatable bonds is 2. The normalized spacial score (nSPS) is 33.8. The number of imide groups is 1. The maximum atomic E-state index is 13.7. The van der Waals surface area contributed by atoms with Gasteiger partial charge in [0.1, 0.15) is 0 Å². The fourth-order valence-corrected chi connectivity index (χ4v) is 9.89. The number of hydrogen-bond donors (Lipinski definition) is 1. The Labute approximate surface area is 199 Å². The number of nitrogens with one attached hydrogen (secondary N) is 1. The van der Waals surface area contributed by atoms with Crippen LogP contribution in [0.5, 0.6) is 0 Å². The number of benzene rings is 2. The van der Waals surface area contributed by atoms with Crippen LogP contribution in [0.4, 0.5) is 5.69 Å². The van der Waals surface area contributed by atoms with Gasteiger partial charge in [0.25, 0.3) is 0 Å². The average molecular weight is 475 g/mol. The molecule has 5 nitrogen and oxygen atoms in total. The van der Waals surface area contributed by atoms with E-state index in [9.17, 15) is 14.4 Å². The summed E-state index contributed by atoms with van der Waals surface area (Å²) >= 11 is 3.03. The minimum absolute atomic E-state index is 0.0290. The molecule has 2 bridgehead atoms. The van der Waals surface area contributed by atoms with Crippen LogP contribution in [0, 0.1) is 36.5 Å². The van der Waals surface area contributed by atoms with Gasteiger partial charge in [-0.2, -0.15) is 0 Å². The van der Waals surface area contributed by atoms with E-state index >= 15 is 0 Å². The minimum atomic E-state index is -0.255. The van der Waals surface area contributed by atoms with Crippen molar-refractivity contribution in [2.24, 2.45) is 29.6 Å². The van der Waals surface area contributed by atoms with Gasteiger partial charge >= 0.3 is 4.87 Å². The molecule has 0 spiro atoms. The van der Waals surface area contributed by atoms with Crippen molar-refractivity contribution in [2.45, 2.75) is 29.5 Å². The highest BCUT2D eigenvalue weighted by Gasteiger charge is 2.69. The smallest absolute Gasteiger partial charge is 0.305 e. The van der Waals surface area contributed by atoms with Gasteiger partial charge in [-0.3, -0.25) is 19.3 Å². The van der Waals surface area contributed by atoms with Gasteiger partial charge in [0.2, 0.25) is 11.8 Å². The number of H-pyrrole nitrogens is 1. The van der Waals surface area contributed by atoms with Gasteiger partial charge in [0, 0.05) is 16.0 Å². The van der Waals surface area contributed by atoms with E-state index in [0.717, 1.165) is 21.9 Å². The van der Waals surface area contributed by atoms with Crippen LogP contribution >= 0.6 is 23.1 Å². The second kappa shape index (κ2) is 6.93. The van der Waals surface area contributed by atoms with Crippen LogP contribution in [0.25, 0.3) is 0 Å². The summed E-state index contributed by atoms with van der Waals surface area (Å²) in [4.78, 5) is 45.1. The molecule has 3 fully saturated rings. The first-order chi connectivity index (χ1) is 16.0. The second-order valence-electron chi connectivity index (χ2n) is 9.72. The van der Waals surface area contributed by atoms with Crippen molar-refractivity contribution in [2.75, 3.05) is 4.90 Å². The molecule has 2 amide bonds. The summed E-state index contributed by atoms with van der Waals surface area (Å²) in [6.45, 7) is 2.00. The highest BCUT2D eigenvalue weighted by atomic mass is 32.2. The Bertz CT molecular complexity index is 1350. The van der Waals surface area contributed by atoms with E-state index in [1.165, 1.54) is 21.8 Å². The van der Waals surface area contributed by atoms with Crippen molar-refractivity contribution in [3.8, 4) is 0 Å². The third-order valence-corrected chi connectivity index (χ3v) is 10.8. The van der Waals surface area contributed by atoms with E-state index in [4.69, 9.17) is 0 Å². The average Bonchev–Trinajstić information content (AvgIpc) is 3.54. The Hall–Kier alpha value is -2.64. The lowest BCUT2D eigenvalue weighted by atomic mass is 9.68. The molecule has 1 aromatic heterocycles. The first kappa shape index (κ1) is 19.8. The van der Waals surface area contributed by atoms with Crippen LogP contribution in [-0.4, -0.2) is 22.0 Å². The van der Waals surface area contributed by atoms with Crippen molar-refractivity contribution in [1.82, 2.24) is 4.98 Å². The Balaban J connectivity index is 1.33. The van der Waals surface area contributed by atoms with E-state index in [2.05, 4.69) is 17.1 Å². The summed E-state index contributed by atoms with van der Waals surface area (Å²) in [5.74, 6) is 0.0616. The Morgan fingerprint density at radius 3 is 2.33 bits per heavy atom.